The second-order valence-corrected chi connectivity index (χ2v) is 7.22. The van der Waals surface area contributed by atoms with Gasteiger partial charge in [-0.3, -0.25) is 4.79 Å². The van der Waals surface area contributed by atoms with Crippen LogP contribution in [0.1, 0.15) is 58.7 Å². The molecule has 1 aliphatic heterocycles. The van der Waals surface area contributed by atoms with Crippen molar-refractivity contribution in [2.75, 3.05) is 5.75 Å². The first-order valence-electron chi connectivity index (χ1n) is 7.75. The van der Waals surface area contributed by atoms with Crippen LogP contribution in [0.5, 0.6) is 0 Å². The van der Waals surface area contributed by atoms with E-state index in [-0.39, 0.29) is 5.91 Å². The van der Waals surface area contributed by atoms with Crippen molar-refractivity contribution in [3.05, 3.63) is 5.82 Å². The molecule has 2 atom stereocenters. The van der Waals surface area contributed by atoms with E-state index >= 15 is 0 Å². The Morgan fingerprint density at radius 1 is 1.29 bits per heavy atom. The van der Waals surface area contributed by atoms with Gasteiger partial charge < -0.3 is 9.47 Å². The first-order valence-corrected chi connectivity index (χ1v) is 8.73. The predicted molar refractivity (Wildman–Crippen MR) is 85.4 cm³/mol. The van der Waals surface area contributed by atoms with Crippen LogP contribution in [0.25, 0.3) is 0 Å². The molecule has 21 heavy (non-hydrogen) atoms. The Morgan fingerprint density at radius 2 is 1.90 bits per heavy atom. The van der Waals surface area contributed by atoms with Crippen molar-refractivity contribution in [3.63, 3.8) is 0 Å². The highest BCUT2D eigenvalue weighted by Gasteiger charge is 2.29. The molecule has 1 saturated heterocycles. The monoisotopic (exact) mass is 310 g/mol. The quantitative estimate of drug-likeness (QED) is 0.803. The fourth-order valence-corrected chi connectivity index (χ4v) is 3.86. The summed E-state index contributed by atoms with van der Waals surface area (Å²) in [6, 6.07) is 0.708. The third-order valence-electron chi connectivity index (χ3n) is 4.19. The van der Waals surface area contributed by atoms with Crippen LogP contribution in [0.2, 0.25) is 0 Å². The summed E-state index contributed by atoms with van der Waals surface area (Å²) in [7, 11) is 1.97. The molecule has 1 aromatic heterocycles. The zero-order chi connectivity index (χ0) is 15.6. The molecule has 2 heterocycles. The van der Waals surface area contributed by atoms with Crippen molar-refractivity contribution in [1.29, 1.82) is 0 Å². The molecular weight excluding hydrogens is 284 g/mol. The molecule has 2 rings (SSSR count). The maximum absolute atomic E-state index is 12.5. The lowest BCUT2D eigenvalue weighted by molar-refractivity contribution is -0.134. The summed E-state index contributed by atoms with van der Waals surface area (Å²) in [5, 5.41) is 9.22. The molecule has 0 saturated carbocycles. The minimum atomic E-state index is 0.216. The number of hydrogen-bond acceptors (Lipinski definition) is 4. The van der Waals surface area contributed by atoms with Crippen molar-refractivity contribution in [1.82, 2.24) is 19.7 Å². The molecular formula is C15H26N4OS. The fourth-order valence-electron chi connectivity index (χ4n) is 3.07. The lowest BCUT2D eigenvalue weighted by Crippen LogP contribution is -2.48. The fraction of sp³-hybridized carbons (Fsp3) is 0.800. The summed E-state index contributed by atoms with van der Waals surface area (Å²) >= 11 is 1.49. The van der Waals surface area contributed by atoms with Gasteiger partial charge in [0.25, 0.3) is 0 Å². The molecule has 0 radical (unpaired) electrons. The van der Waals surface area contributed by atoms with Crippen LogP contribution >= 0.6 is 11.8 Å². The van der Waals surface area contributed by atoms with Crippen LogP contribution in [0.15, 0.2) is 5.16 Å². The zero-order valence-corrected chi connectivity index (χ0v) is 14.5. The summed E-state index contributed by atoms with van der Waals surface area (Å²) < 4.78 is 1.99. The summed E-state index contributed by atoms with van der Waals surface area (Å²) in [4.78, 5) is 14.5. The Labute approximate surface area is 131 Å². The van der Waals surface area contributed by atoms with E-state index in [0.29, 0.717) is 23.8 Å². The highest BCUT2D eigenvalue weighted by atomic mass is 32.2. The van der Waals surface area contributed by atoms with E-state index in [1.165, 1.54) is 18.2 Å². The average Bonchev–Trinajstić information content (AvgIpc) is 2.77. The Morgan fingerprint density at radius 3 is 2.43 bits per heavy atom. The van der Waals surface area contributed by atoms with Gasteiger partial charge >= 0.3 is 0 Å². The molecule has 1 aromatic rings. The highest BCUT2D eigenvalue weighted by molar-refractivity contribution is 7.99. The van der Waals surface area contributed by atoms with Gasteiger partial charge in [-0.25, -0.2) is 0 Å². The second-order valence-electron chi connectivity index (χ2n) is 6.27. The van der Waals surface area contributed by atoms with Crippen LogP contribution in [-0.4, -0.2) is 43.4 Å². The summed E-state index contributed by atoms with van der Waals surface area (Å²) in [5.74, 6) is 1.96. The Hall–Kier alpha value is -1.04. The molecule has 0 N–H and O–H groups in total. The van der Waals surface area contributed by atoms with Gasteiger partial charge in [0, 0.05) is 25.0 Å². The number of aromatic nitrogens is 3. The molecule has 5 nitrogen and oxygen atoms in total. The van der Waals surface area contributed by atoms with E-state index in [9.17, 15) is 4.79 Å². The standard InChI is InChI=1S/C15H26N4OS/c1-10(2)14-16-17-15(18(14)5)21-9-13(20)19-11(3)7-6-8-12(19)4/h10-12H,6-9H2,1-5H3. The SMILES string of the molecule is CC(C)c1nnc(SCC(=O)N2C(C)CCCC2C)n1C. The van der Waals surface area contributed by atoms with Gasteiger partial charge in [0.15, 0.2) is 5.16 Å². The van der Waals surface area contributed by atoms with E-state index in [1.54, 1.807) is 0 Å². The molecule has 2 unspecified atom stereocenters. The molecule has 6 heteroatoms. The van der Waals surface area contributed by atoms with Crippen LogP contribution < -0.4 is 0 Å². The van der Waals surface area contributed by atoms with Crippen molar-refractivity contribution < 1.29 is 4.79 Å². The Bertz CT molecular complexity index is 490. The third kappa shape index (κ3) is 3.59. The average molecular weight is 310 g/mol. The van der Waals surface area contributed by atoms with E-state index < -0.39 is 0 Å². The number of thioether (sulfide) groups is 1. The normalized spacial score (nSPS) is 22.9. The van der Waals surface area contributed by atoms with Gasteiger partial charge in [0.05, 0.1) is 5.75 Å². The number of amides is 1. The number of rotatable bonds is 4. The lowest BCUT2D eigenvalue weighted by atomic mass is 9.98. The molecule has 0 aliphatic carbocycles. The Balaban J connectivity index is 1.98. The number of nitrogens with zero attached hydrogens (tertiary/aromatic N) is 4. The first kappa shape index (κ1) is 16.3. The number of carbonyl (C=O) groups is 1. The van der Waals surface area contributed by atoms with Gasteiger partial charge in [-0.1, -0.05) is 25.6 Å². The van der Waals surface area contributed by atoms with Gasteiger partial charge in [-0.15, -0.1) is 10.2 Å². The molecule has 1 fully saturated rings. The smallest absolute Gasteiger partial charge is 0.233 e. The van der Waals surface area contributed by atoms with E-state index in [1.807, 2.05) is 11.6 Å². The van der Waals surface area contributed by atoms with Gasteiger partial charge in [0.1, 0.15) is 5.82 Å². The number of piperidine rings is 1. The van der Waals surface area contributed by atoms with Gasteiger partial charge in [0.2, 0.25) is 5.91 Å². The summed E-state index contributed by atoms with van der Waals surface area (Å²) in [6.45, 7) is 8.50. The van der Waals surface area contributed by atoms with Crippen LogP contribution in [-0.2, 0) is 11.8 Å². The Kier molecular flexibility index (Phi) is 5.30. The highest BCUT2D eigenvalue weighted by Crippen LogP contribution is 2.25. The minimum absolute atomic E-state index is 0.216. The molecule has 0 aromatic carbocycles. The number of hydrogen-bond donors (Lipinski definition) is 0. The third-order valence-corrected chi connectivity index (χ3v) is 5.20. The maximum Gasteiger partial charge on any atom is 0.233 e. The minimum Gasteiger partial charge on any atom is -0.337 e. The summed E-state index contributed by atoms with van der Waals surface area (Å²) in [6.07, 6.45) is 3.45. The lowest BCUT2D eigenvalue weighted by Gasteiger charge is -2.39. The van der Waals surface area contributed by atoms with Crippen molar-refractivity contribution in [2.24, 2.45) is 7.05 Å². The molecule has 1 amide bonds. The van der Waals surface area contributed by atoms with Crippen LogP contribution in [0.3, 0.4) is 0 Å². The summed E-state index contributed by atoms with van der Waals surface area (Å²) in [5.41, 5.74) is 0. The predicted octanol–water partition coefficient (Wildman–Crippen LogP) is 2.82. The zero-order valence-electron chi connectivity index (χ0n) is 13.7. The van der Waals surface area contributed by atoms with E-state index in [2.05, 4.69) is 42.8 Å². The van der Waals surface area contributed by atoms with Crippen molar-refractivity contribution in [3.8, 4) is 0 Å². The van der Waals surface area contributed by atoms with Crippen molar-refractivity contribution in [2.45, 2.75) is 70.1 Å². The molecule has 0 bridgehead atoms. The van der Waals surface area contributed by atoms with E-state index in [0.717, 1.165) is 23.8 Å². The van der Waals surface area contributed by atoms with E-state index in [4.69, 9.17) is 0 Å². The topological polar surface area (TPSA) is 51.0 Å². The van der Waals surface area contributed by atoms with Gasteiger partial charge in [-0.05, 0) is 33.1 Å². The van der Waals surface area contributed by atoms with Crippen LogP contribution in [0.4, 0.5) is 0 Å². The molecule has 0 spiro atoms. The number of likely N-dealkylation sites (tertiary alicyclic amines) is 1. The van der Waals surface area contributed by atoms with Gasteiger partial charge in [-0.2, -0.15) is 0 Å². The van der Waals surface area contributed by atoms with Crippen LogP contribution in [0, 0.1) is 0 Å². The second kappa shape index (κ2) is 6.81. The molecule has 1 aliphatic rings. The maximum atomic E-state index is 12.5. The van der Waals surface area contributed by atoms with Crippen molar-refractivity contribution >= 4 is 17.7 Å². The largest absolute Gasteiger partial charge is 0.337 e. The number of carbonyl (C=O) groups excluding carboxylic acids is 1. The first-order chi connectivity index (χ1) is 9.91. The molecule has 118 valence electrons.